The van der Waals surface area contributed by atoms with Gasteiger partial charge in [-0.2, -0.15) is 0 Å². The third-order valence-corrected chi connectivity index (χ3v) is 5.05. The molecule has 0 radical (unpaired) electrons. The minimum atomic E-state index is -0.437. The number of allylic oxidation sites excluding steroid dienone is 10. The summed E-state index contributed by atoms with van der Waals surface area (Å²) in [4.78, 5) is 16.0. The molecule has 34 heavy (non-hydrogen) atoms. The number of nitrogens with zero attached hydrogens (tertiary/aromatic N) is 1. The van der Waals surface area contributed by atoms with Crippen LogP contribution in [0.3, 0.4) is 0 Å². The molecule has 1 aliphatic rings. The molecule has 1 aromatic rings. The van der Waals surface area contributed by atoms with Gasteiger partial charge in [0.25, 0.3) is 0 Å². The number of hydrogen-bond donors (Lipinski definition) is 0. The molecule has 0 saturated carbocycles. The lowest BCUT2D eigenvalue weighted by atomic mass is 10.2. The average molecular weight is 466 g/mol. The number of ether oxygens (including phenoxy) is 3. The largest absolute Gasteiger partial charge is 0.463 e. The Kier molecular flexibility index (Phi) is 15.1. The van der Waals surface area contributed by atoms with Crippen LogP contribution in [0.5, 0.6) is 0 Å². The molecule has 1 saturated heterocycles. The average Bonchev–Trinajstić information content (AvgIpc) is 3.34. The molecule has 2 atom stereocenters. The van der Waals surface area contributed by atoms with Crippen molar-refractivity contribution in [1.82, 2.24) is 4.98 Å². The Bertz CT molecular complexity index is 811. The molecule has 1 aliphatic heterocycles. The van der Waals surface area contributed by atoms with Gasteiger partial charge in [0.15, 0.2) is 6.29 Å². The fourth-order valence-corrected chi connectivity index (χ4v) is 3.22. The van der Waals surface area contributed by atoms with Crippen molar-refractivity contribution < 1.29 is 19.0 Å². The van der Waals surface area contributed by atoms with Crippen molar-refractivity contribution in [2.45, 2.75) is 70.7 Å². The van der Waals surface area contributed by atoms with E-state index in [2.05, 4.69) is 72.7 Å². The molecule has 2 rings (SSSR count). The second-order valence-electron chi connectivity index (χ2n) is 7.99. The van der Waals surface area contributed by atoms with Crippen molar-refractivity contribution in [3.63, 3.8) is 0 Å². The summed E-state index contributed by atoms with van der Waals surface area (Å²) < 4.78 is 16.7. The Balaban J connectivity index is 1.42. The van der Waals surface area contributed by atoms with Gasteiger partial charge in [0.05, 0.1) is 6.61 Å². The first-order valence-electron chi connectivity index (χ1n) is 12.4. The maximum absolute atomic E-state index is 11.9. The number of carbonyl (C=O) groups is 1. The number of aromatic nitrogens is 1. The minimum absolute atomic E-state index is 0.194. The minimum Gasteiger partial charge on any atom is -0.463 e. The van der Waals surface area contributed by atoms with Crippen LogP contribution >= 0.6 is 0 Å². The van der Waals surface area contributed by atoms with Crippen LogP contribution in [-0.4, -0.2) is 30.3 Å². The lowest BCUT2D eigenvalue weighted by Gasteiger charge is -2.11. The summed E-state index contributed by atoms with van der Waals surface area (Å²) >= 11 is 0. The summed E-state index contributed by atoms with van der Waals surface area (Å²) in [6.07, 6.45) is 31.6. The van der Waals surface area contributed by atoms with E-state index >= 15 is 0 Å². The van der Waals surface area contributed by atoms with Gasteiger partial charge in [0, 0.05) is 24.4 Å². The van der Waals surface area contributed by atoms with Crippen LogP contribution < -0.4 is 0 Å². The number of carbonyl (C=O) groups excluding carboxylic acids is 1. The van der Waals surface area contributed by atoms with E-state index in [1.165, 1.54) is 0 Å². The van der Waals surface area contributed by atoms with Gasteiger partial charge in [0.1, 0.15) is 12.7 Å². The van der Waals surface area contributed by atoms with Gasteiger partial charge in [-0.3, -0.25) is 9.78 Å². The number of rotatable bonds is 16. The van der Waals surface area contributed by atoms with Crippen molar-refractivity contribution in [1.29, 1.82) is 0 Å². The number of unbranched alkanes of at least 4 members (excludes halogenated alkanes) is 1. The Morgan fingerprint density at radius 3 is 2.26 bits per heavy atom. The SMILES string of the molecule is CC/C=C\C/C=C\C/C=C\C/C=C\C/C=C\CCCC(=O)OCC1COC(c2cccnc2)O1. The molecule has 2 unspecified atom stereocenters. The monoisotopic (exact) mass is 465 g/mol. The molecular formula is C29H39NO4. The zero-order chi connectivity index (χ0) is 24.1. The molecule has 2 heterocycles. The normalized spacial score (nSPS) is 19.0. The summed E-state index contributed by atoms with van der Waals surface area (Å²) in [6, 6.07) is 3.74. The first-order valence-corrected chi connectivity index (χ1v) is 12.4. The van der Waals surface area contributed by atoms with E-state index in [0.717, 1.165) is 50.5 Å². The predicted molar refractivity (Wildman–Crippen MR) is 137 cm³/mol. The van der Waals surface area contributed by atoms with Crippen molar-refractivity contribution >= 4 is 5.97 Å². The second kappa shape index (κ2) is 18.6. The lowest BCUT2D eigenvalue weighted by Crippen LogP contribution is -2.20. The highest BCUT2D eigenvalue weighted by Crippen LogP contribution is 2.26. The van der Waals surface area contributed by atoms with E-state index < -0.39 is 6.29 Å². The quantitative estimate of drug-likeness (QED) is 0.150. The summed E-state index contributed by atoms with van der Waals surface area (Å²) in [5.74, 6) is -0.194. The molecule has 0 N–H and O–H groups in total. The molecule has 0 amide bonds. The van der Waals surface area contributed by atoms with Crippen molar-refractivity contribution in [3.05, 3.63) is 90.9 Å². The van der Waals surface area contributed by atoms with Gasteiger partial charge < -0.3 is 14.2 Å². The van der Waals surface area contributed by atoms with E-state index in [-0.39, 0.29) is 18.7 Å². The highest BCUT2D eigenvalue weighted by molar-refractivity contribution is 5.69. The Labute approximate surface area is 204 Å². The highest BCUT2D eigenvalue weighted by atomic mass is 16.7. The van der Waals surface area contributed by atoms with Gasteiger partial charge in [-0.05, 0) is 51.0 Å². The number of hydrogen-bond acceptors (Lipinski definition) is 5. The topological polar surface area (TPSA) is 57.7 Å². The van der Waals surface area contributed by atoms with Crippen LogP contribution in [0.1, 0.15) is 70.1 Å². The van der Waals surface area contributed by atoms with Crippen molar-refractivity contribution in [2.75, 3.05) is 13.2 Å². The molecule has 5 nitrogen and oxygen atoms in total. The molecular weight excluding hydrogens is 426 g/mol. The van der Waals surface area contributed by atoms with Crippen LogP contribution in [0, 0.1) is 0 Å². The summed E-state index contributed by atoms with van der Waals surface area (Å²) in [7, 11) is 0. The van der Waals surface area contributed by atoms with E-state index in [1.807, 2.05) is 12.1 Å². The fraction of sp³-hybridized carbons (Fsp3) is 0.448. The van der Waals surface area contributed by atoms with Gasteiger partial charge in [-0.15, -0.1) is 0 Å². The third-order valence-electron chi connectivity index (χ3n) is 5.05. The standard InChI is InChI=1S/C29H39NO4/c1-2-3-4-5-6-7-8-9-10-11-12-13-14-15-16-17-18-21-28(31)32-24-27-25-33-29(34-27)26-20-19-22-30-23-26/h3-4,6-7,9-10,12-13,15-16,19-20,22-23,27,29H,2,5,8,11,14,17-18,21,24-25H2,1H3/b4-3-,7-6-,10-9-,13-12-,16-15-. The first kappa shape index (κ1) is 27.5. The zero-order valence-electron chi connectivity index (χ0n) is 20.4. The third kappa shape index (κ3) is 13.1. The van der Waals surface area contributed by atoms with E-state index in [1.54, 1.807) is 12.4 Å². The second-order valence-corrected chi connectivity index (χ2v) is 7.99. The van der Waals surface area contributed by atoms with Crippen molar-refractivity contribution in [2.24, 2.45) is 0 Å². The first-order chi connectivity index (χ1) is 16.8. The van der Waals surface area contributed by atoms with Gasteiger partial charge in [-0.25, -0.2) is 0 Å². The lowest BCUT2D eigenvalue weighted by molar-refractivity contribution is -0.148. The molecule has 0 aromatic carbocycles. The van der Waals surface area contributed by atoms with Gasteiger partial charge >= 0.3 is 5.97 Å². The van der Waals surface area contributed by atoms with Gasteiger partial charge in [0.2, 0.25) is 0 Å². The molecule has 1 aromatic heterocycles. The number of pyridine rings is 1. The Morgan fingerprint density at radius 1 is 1.00 bits per heavy atom. The molecule has 5 heteroatoms. The van der Waals surface area contributed by atoms with E-state index in [4.69, 9.17) is 14.2 Å². The summed E-state index contributed by atoms with van der Waals surface area (Å²) in [5, 5.41) is 0. The molecule has 0 bridgehead atoms. The number of esters is 1. The van der Waals surface area contributed by atoms with Crippen LogP contribution in [0.15, 0.2) is 85.3 Å². The predicted octanol–water partition coefficient (Wildman–Crippen LogP) is 6.96. The van der Waals surface area contributed by atoms with Gasteiger partial charge in [-0.1, -0.05) is 73.8 Å². The fourth-order valence-electron chi connectivity index (χ4n) is 3.22. The summed E-state index contributed by atoms with van der Waals surface area (Å²) in [5.41, 5.74) is 0.869. The van der Waals surface area contributed by atoms with E-state index in [0.29, 0.717) is 13.0 Å². The maximum atomic E-state index is 11.9. The Morgan fingerprint density at radius 2 is 1.65 bits per heavy atom. The highest BCUT2D eigenvalue weighted by Gasteiger charge is 2.28. The van der Waals surface area contributed by atoms with Crippen LogP contribution in [-0.2, 0) is 19.0 Å². The van der Waals surface area contributed by atoms with Crippen LogP contribution in [0.2, 0.25) is 0 Å². The molecule has 1 fully saturated rings. The molecule has 184 valence electrons. The smallest absolute Gasteiger partial charge is 0.305 e. The van der Waals surface area contributed by atoms with Crippen LogP contribution in [0.4, 0.5) is 0 Å². The van der Waals surface area contributed by atoms with Crippen LogP contribution in [0.25, 0.3) is 0 Å². The zero-order valence-corrected chi connectivity index (χ0v) is 20.4. The van der Waals surface area contributed by atoms with E-state index in [9.17, 15) is 4.79 Å². The maximum Gasteiger partial charge on any atom is 0.305 e. The molecule has 0 spiro atoms. The summed E-state index contributed by atoms with van der Waals surface area (Å²) in [6.45, 7) is 2.78. The molecule has 0 aliphatic carbocycles. The van der Waals surface area contributed by atoms with Crippen molar-refractivity contribution in [3.8, 4) is 0 Å². The Hall–Kier alpha value is -2.76.